The second-order valence-corrected chi connectivity index (χ2v) is 7.82. The molecule has 15 heteroatoms. The van der Waals surface area contributed by atoms with Crippen molar-refractivity contribution >= 4 is 30.0 Å². The summed E-state index contributed by atoms with van der Waals surface area (Å²) in [5.74, 6) is -2.84. The zero-order valence-corrected chi connectivity index (χ0v) is 19.6. The molecule has 0 aliphatic carbocycles. The zero-order chi connectivity index (χ0) is 25.7. The number of amides is 1. The molecule has 0 bridgehead atoms. The molecule has 3 heterocycles. The van der Waals surface area contributed by atoms with Crippen molar-refractivity contribution in [2.24, 2.45) is 0 Å². The first-order chi connectivity index (χ1) is 16.5. The first-order valence-corrected chi connectivity index (χ1v) is 10.7. The topological polar surface area (TPSA) is 175 Å². The molecule has 192 valence electrons. The van der Waals surface area contributed by atoms with Crippen molar-refractivity contribution < 1.29 is 52.4 Å². The normalized spacial score (nSPS) is 26.0. The number of esters is 4. The highest BCUT2D eigenvalue weighted by Gasteiger charge is 2.53. The van der Waals surface area contributed by atoms with Gasteiger partial charge in [0.1, 0.15) is 25.0 Å². The van der Waals surface area contributed by atoms with Crippen LogP contribution in [-0.2, 0) is 54.1 Å². The van der Waals surface area contributed by atoms with E-state index in [2.05, 4.69) is 10.3 Å². The number of cyclic esters (lactones) is 1. The molecule has 1 aromatic heterocycles. The summed E-state index contributed by atoms with van der Waals surface area (Å²) in [5, 5.41) is 8.03. The van der Waals surface area contributed by atoms with Crippen molar-refractivity contribution in [2.45, 2.75) is 64.9 Å². The maximum Gasteiger partial charge on any atom is 0.410 e. The van der Waals surface area contributed by atoms with E-state index >= 15 is 0 Å². The van der Waals surface area contributed by atoms with E-state index in [1.165, 1.54) is 22.7 Å². The van der Waals surface area contributed by atoms with Crippen molar-refractivity contribution in [1.82, 2.24) is 19.9 Å². The summed E-state index contributed by atoms with van der Waals surface area (Å²) in [6, 6.07) is 0. The SMILES string of the molecule is CC(=O)OC[C@H]1O[C@@H](n2cc(CN3CCOC3=O)nn2)[C@H](OC(C)=O)[C@@H](OC(C)=O)[C@H]1OC(C)=O. The summed E-state index contributed by atoms with van der Waals surface area (Å²) in [6.07, 6.45) is -5.31. The van der Waals surface area contributed by atoms with Crippen molar-refractivity contribution in [3.8, 4) is 0 Å². The maximum atomic E-state index is 11.9. The smallest absolute Gasteiger partial charge is 0.410 e. The number of hydrogen-bond acceptors (Lipinski definition) is 13. The van der Waals surface area contributed by atoms with Crippen molar-refractivity contribution in [3.05, 3.63) is 11.9 Å². The van der Waals surface area contributed by atoms with E-state index in [0.29, 0.717) is 12.2 Å². The predicted molar refractivity (Wildman–Crippen MR) is 109 cm³/mol. The van der Waals surface area contributed by atoms with E-state index in [1.807, 2.05) is 0 Å². The lowest BCUT2D eigenvalue weighted by atomic mass is 9.97. The van der Waals surface area contributed by atoms with Crippen LogP contribution in [0.5, 0.6) is 0 Å². The average Bonchev–Trinajstić information content (AvgIpc) is 3.38. The summed E-state index contributed by atoms with van der Waals surface area (Å²) in [4.78, 5) is 60.2. The Morgan fingerprint density at radius 1 is 0.971 bits per heavy atom. The highest BCUT2D eigenvalue weighted by Crippen LogP contribution is 2.34. The van der Waals surface area contributed by atoms with Gasteiger partial charge in [0.2, 0.25) is 0 Å². The Morgan fingerprint density at radius 3 is 2.17 bits per heavy atom. The van der Waals surface area contributed by atoms with Gasteiger partial charge in [0.15, 0.2) is 24.5 Å². The van der Waals surface area contributed by atoms with Crippen molar-refractivity contribution in [3.63, 3.8) is 0 Å². The Kier molecular flexibility index (Phi) is 8.22. The van der Waals surface area contributed by atoms with Crippen LogP contribution in [0, 0.1) is 0 Å². The van der Waals surface area contributed by atoms with Gasteiger partial charge in [0, 0.05) is 27.7 Å². The fourth-order valence-corrected chi connectivity index (χ4v) is 3.69. The monoisotopic (exact) mass is 498 g/mol. The Morgan fingerprint density at radius 2 is 1.60 bits per heavy atom. The van der Waals surface area contributed by atoms with E-state index in [-0.39, 0.29) is 19.8 Å². The van der Waals surface area contributed by atoms with E-state index in [9.17, 15) is 24.0 Å². The minimum Gasteiger partial charge on any atom is -0.463 e. The minimum atomic E-state index is -1.33. The molecule has 0 radical (unpaired) electrons. The van der Waals surface area contributed by atoms with Crippen LogP contribution in [0.3, 0.4) is 0 Å². The number of ether oxygens (including phenoxy) is 6. The van der Waals surface area contributed by atoms with Crippen LogP contribution >= 0.6 is 0 Å². The number of rotatable bonds is 8. The van der Waals surface area contributed by atoms with Gasteiger partial charge in [0.05, 0.1) is 19.3 Å². The highest BCUT2D eigenvalue weighted by molar-refractivity contribution is 5.69. The summed E-state index contributed by atoms with van der Waals surface area (Å²) in [7, 11) is 0. The van der Waals surface area contributed by atoms with Crippen LogP contribution in [0.1, 0.15) is 39.6 Å². The molecule has 1 amide bonds. The Hall–Kier alpha value is -3.75. The standard InChI is InChI=1S/C20H26N4O11/c1-10(25)31-9-15-16(32-11(2)26)17(33-12(3)27)18(34-13(4)28)19(35-15)24-8-14(21-22-24)7-23-5-6-30-20(23)29/h8,15-19H,5-7,9H2,1-4H3/t15-,16+,17+,18-,19-/m1/s1. The summed E-state index contributed by atoms with van der Waals surface area (Å²) < 4.78 is 33.3. The van der Waals surface area contributed by atoms with Gasteiger partial charge in [-0.3, -0.25) is 24.1 Å². The Bertz CT molecular complexity index is 980. The Balaban J connectivity index is 1.95. The molecule has 0 unspecified atom stereocenters. The van der Waals surface area contributed by atoms with Crippen molar-refractivity contribution in [2.75, 3.05) is 19.8 Å². The van der Waals surface area contributed by atoms with E-state index < -0.39 is 60.6 Å². The molecule has 3 rings (SSSR count). The van der Waals surface area contributed by atoms with Crippen LogP contribution in [0.25, 0.3) is 0 Å². The molecule has 2 saturated heterocycles. The van der Waals surface area contributed by atoms with E-state index in [1.54, 1.807) is 0 Å². The highest BCUT2D eigenvalue weighted by atomic mass is 16.7. The first kappa shape index (κ1) is 25.9. The fourth-order valence-electron chi connectivity index (χ4n) is 3.69. The third-order valence-electron chi connectivity index (χ3n) is 4.98. The second kappa shape index (κ2) is 11.1. The largest absolute Gasteiger partial charge is 0.463 e. The molecule has 0 aromatic carbocycles. The van der Waals surface area contributed by atoms with Crippen LogP contribution < -0.4 is 0 Å². The molecule has 0 saturated carbocycles. The molecule has 5 atom stereocenters. The van der Waals surface area contributed by atoms with Crippen LogP contribution in [0.15, 0.2) is 6.20 Å². The van der Waals surface area contributed by atoms with Crippen LogP contribution in [0.2, 0.25) is 0 Å². The van der Waals surface area contributed by atoms with Gasteiger partial charge in [0.25, 0.3) is 0 Å². The number of nitrogens with zero attached hydrogens (tertiary/aromatic N) is 4. The number of hydrogen-bond donors (Lipinski definition) is 0. The van der Waals surface area contributed by atoms with E-state index in [4.69, 9.17) is 28.4 Å². The Labute approximate surface area is 199 Å². The molecule has 2 aliphatic rings. The lowest BCUT2D eigenvalue weighted by Crippen LogP contribution is -2.60. The lowest BCUT2D eigenvalue weighted by molar-refractivity contribution is -0.270. The molecule has 0 N–H and O–H groups in total. The molecule has 35 heavy (non-hydrogen) atoms. The predicted octanol–water partition coefficient (Wildman–Crippen LogP) is -0.514. The van der Waals surface area contributed by atoms with Gasteiger partial charge in [-0.25, -0.2) is 9.48 Å². The molecular weight excluding hydrogens is 472 g/mol. The number of aromatic nitrogens is 3. The fraction of sp³-hybridized carbons (Fsp3) is 0.650. The second-order valence-electron chi connectivity index (χ2n) is 7.82. The lowest BCUT2D eigenvalue weighted by Gasteiger charge is -2.44. The van der Waals surface area contributed by atoms with Crippen LogP contribution in [0.4, 0.5) is 4.79 Å². The van der Waals surface area contributed by atoms with Crippen LogP contribution in [-0.4, -0.2) is 94.0 Å². The molecule has 1 aromatic rings. The van der Waals surface area contributed by atoms with Gasteiger partial charge >= 0.3 is 30.0 Å². The van der Waals surface area contributed by atoms with E-state index in [0.717, 1.165) is 20.8 Å². The third-order valence-corrected chi connectivity index (χ3v) is 4.98. The maximum absolute atomic E-state index is 11.9. The third kappa shape index (κ3) is 6.65. The van der Waals surface area contributed by atoms with Gasteiger partial charge in [-0.2, -0.15) is 0 Å². The summed E-state index contributed by atoms with van der Waals surface area (Å²) in [5.41, 5.74) is 0.372. The van der Waals surface area contributed by atoms with Gasteiger partial charge in [-0.1, -0.05) is 5.21 Å². The number of carbonyl (C=O) groups is 5. The summed E-state index contributed by atoms with van der Waals surface area (Å²) in [6.45, 7) is 4.95. The zero-order valence-electron chi connectivity index (χ0n) is 19.6. The van der Waals surface area contributed by atoms with Gasteiger partial charge in [-0.05, 0) is 0 Å². The van der Waals surface area contributed by atoms with Gasteiger partial charge < -0.3 is 28.4 Å². The quantitative estimate of drug-likeness (QED) is 0.331. The molecular formula is C20H26N4O11. The minimum absolute atomic E-state index is 0.101. The molecule has 0 spiro atoms. The van der Waals surface area contributed by atoms with Gasteiger partial charge in [-0.15, -0.1) is 5.10 Å². The molecule has 2 aliphatic heterocycles. The first-order valence-electron chi connectivity index (χ1n) is 10.7. The average molecular weight is 498 g/mol. The van der Waals surface area contributed by atoms with Crippen molar-refractivity contribution in [1.29, 1.82) is 0 Å². The number of carbonyl (C=O) groups excluding carboxylic acids is 5. The molecule has 2 fully saturated rings. The molecule has 15 nitrogen and oxygen atoms in total. The summed E-state index contributed by atoms with van der Waals surface area (Å²) >= 11 is 0.